The second-order valence-corrected chi connectivity index (χ2v) is 4.59. The molecule has 1 saturated heterocycles. The Kier molecular flexibility index (Phi) is 6.96. The van der Waals surface area contributed by atoms with E-state index in [4.69, 9.17) is 14.9 Å². The van der Waals surface area contributed by atoms with Gasteiger partial charge in [0.15, 0.2) is 0 Å². The summed E-state index contributed by atoms with van der Waals surface area (Å²) >= 11 is 0. The molecule has 16 heavy (non-hydrogen) atoms. The van der Waals surface area contributed by atoms with Gasteiger partial charge in [-0.1, -0.05) is 0 Å². The zero-order valence-corrected chi connectivity index (χ0v) is 10.3. The normalized spacial score (nSPS) is 23.4. The molecular formula is C12H25NO3. The minimum atomic E-state index is -0.102. The zero-order valence-electron chi connectivity index (χ0n) is 10.3. The second-order valence-electron chi connectivity index (χ2n) is 4.59. The number of likely N-dealkylation sites (tertiary alicyclic amines) is 1. The number of hydrogen-bond acceptors (Lipinski definition) is 4. The average Bonchev–Trinajstić information content (AvgIpc) is 2.21. The number of ether oxygens (including phenoxy) is 1. The number of nitrogens with zero attached hydrogens (tertiary/aromatic N) is 1. The zero-order chi connectivity index (χ0) is 11.8. The maximum atomic E-state index is 9.11. The number of piperidine rings is 1. The highest BCUT2D eigenvalue weighted by Gasteiger charge is 2.15. The highest BCUT2D eigenvalue weighted by atomic mass is 16.5. The Bertz CT molecular complexity index is 163. The first-order valence-corrected chi connectivity index (χ1v) is 6.30. The van der Waals surface area contributed by atoms with Crippen molar-refractivity contribution in [2.45, 2.75) is 44.3 Å². The smallest absolute Gasteiger partial charge is 0.0571 e. The third-order valence-electron chi connectivity index (χ3n) is 3.36. The number of rotatable bonds is 3. The quantitative estimate of drug-likeness (QED) is 0.747. The summed E-state index contributed by atoms with van der Waals surface area (Å²) in [6.07, 6.45) is 6.19. The van der Waals surface area contributed by atoms with Gasteiger partial charge in [-0.15, -0.1) is 0 Å². The fourth-order valence-electron chi connectivity index (χ4n) is 1.89. The fraction of sp³-hybridized carbons (Fsp3) is 1.00. The van der Waals surface area contributed by atoms with E-state index in [0.29, 0.717) is 6.10 Å². The molecule has 0 aromatic heterocycles. The molecule has 2 N–H and O–H groups in total. The second kappa shape index (κ2) is 8.01. The summed E-state index contributed by atoms with van der Waals surface area (Å²) in [4.78, 5) is 2.17. The van der Waals surface area contributed by atoms with Gasteiger partial charge in [0.1, 0.15) is 0 Å². The predicted octanol–water partition coefficient (Wildman–Crippen LogP) is 0.621. The van der Waals surface area contributed by atoms with Gasteiger partial charge in [0.05, 0.1) is 18.8 Å². The van der Waals surface area contributed by atoms with E-state index in [1.807, 2.05) is 0 Å². The van der Waals surface area contributed by atoms with Gasteiger partial charge in [-0.25, -0.2) is 0 Å². The molecule has 0 bridgehead atoms. The van der Waals surface area contributed by atoms with E-state index in [1.54, 1.807) is 7.11 Å². The van der Waals surface area contributed by atoms with Gasteiger partial charge in [-0.3, -0.25) is 0 Å². The van der Waals surface area contributed by atoms with Gasteiger partial charge < -0.3 is 19.8 Å². The van der Waals surface area contributed by atoms with Crippen LogP contribution in [0.5, 0.6) is 0 Å². The Morgan fingerprint density at radius 2 is 1.81 bits per heavy atom. The molecule has 0 aromatic carbocycles. The van der Waals surface area contributed by atoms with Gasteiger partial charge in [0, 0.05) is 26.7 Å². The topological polar surface area (TPSA) is 52.9 Å². The first-order chi connectivity index (χ1) is 7.76. The lowest BCUT2D eigenvalue weighted by Gasteiger charge is -2.28. The van der Waals surface area contributed by atoms with Crippen LogP contribution in [0.4, 0.5) is 0 Å². The Balaban J connectivity index is 0.000000181. The van der Waals surface area contributed by atoms with Crippen LogP contribution in [0.3, 0.4) is 0 Å². The van der Waals surface area contributed by atoms with Crippen LogP contribution in [0, 0.1) is 0 Å². The molecule has 1 heterocycles. The van der Waals surface area contributed by atoms with Gasteiger partial charge in [-0.05, 0) is 32.1 Å². The van der Waals surface area contributed by atoms with Crippen LogP contribution < -0.4 is 0 Å². The van der Waals surface area contributed by atoms with Gasteiger partial charge in [-0.2, -0.15) is 0 Å². The molecular weight excluding hydrogens is 206 g/mol. The summed E-state index contributed by atoms with van der Waals surface area (Å²) in [6.45, 7) is 2.85. The van der Waals surface area contributed by atoms with Crippen LogP contribution in [-0.2, 0) is 4.74 Å². The Labute approximate surface area is 98.2 Å². The first kappa shape index (κ1) is 13.9. The van der Waals surface area contributed by atoms with Crippen molar-refractivity contribution in [2.24, 2.45) is 0 Å². The number of β-amino-alcohol motifs (C(OH)–C–C–N with tert-alkyl or cyclic N) is 1. The number of methoxy groups -OCH3 is 1. The predicted molar refractivity (Wildman–Crippen MR) is 63.4 cm³/mol. The van der Waals surface area contributed by atoms with Crippen LogP contribution in [0.15, 0.2) is 0 Å². The minimum absolute atomic E-state index is 0.102. The molecule has 4 nitrogen and oxygen atoms in total. The molecule has 2 rings (SSSR count). The first-order valence-electron chi connectivity index (χ1n) is 6.30. The number of hydrogen-bond donors (Lipinski definition) is 2. The van der Waals surface area contributed by atoms with Crippen molar-refractivity contribution < 1.29 is 14.9 Å². The van der Waals surface area contributed by atoms with Gasteiger partial charge in [0.2, 0.25) is 0 Å². The fourth-order valence-corrected chi connectivity index (χ4v) is 1.89. The van der Waals surface area contributed by atoms with Crippen molar-refractivity contribution in [3.63, 3.8) is 0 Å². The van der Waals surface area contributed by atoms with Crippen molar-refractivity contribution in [3.05, 3.63) is 0 Å². The molecule has 2 aliphatic rings. The monoisotopic (exact) mass is 231 g/mol. The largest absolute Gasteiger partial charge is 0.395 e. The standard InChI is InChI=1S/C7H15NO2.C5H10O/c9-6-5-8-3-1-7(10)2-4-8;1-6-5-3-2-4-5/h7,9-10H,1-6H2;5H,2-4H2,1H3. The molecule has 2 fully saturated rings. The van der Waals surface area contributed by atoms with Crippen LogP contribution in [0.1, 0.15) is 32.1 Å². The van der Waals surface area contributed by atoms with Crippen LogP contribution in [0.25, 0.3) is 0 Å². The SMILES string of the molecule is COC1CCC1.OCCN1CCC(O)CC1. The van der Waals surface area contributed by atoms with Crippen LogP contribution in [0.2, 0.25) is 0 Å². The number of aliphatic hydroxyl groups excluding tert-OH is 2. The summed E-state index contributed by atoms with van der Waals surface area (Å²) < 4.78 is 4.99. The summed E-state index contributed by atoms with van der Waals surface area (Å²) in [5, 5.41) is 17.7. The summed E-state index contributed by atoms with van der Waals surface area (Å²) in [5.41, 5.74) is 0. The maximum Gasteiger partial charge on any atom is 0.0571 e. The van der Waals surface area contributed by atoms with E-state index in [2.05, 4.69) is 4.90 Å². The molecule has 1 saturated carbocycles. The van der Waals surface area contributed by atoms with E-state index in [-0.39, 0.29) is 12.7 Å². The van der Waals surface area contributed by atoms with Crippen molar-refractivity contribution in [2.75, 3.05) is 33.4 Å². The lowest BCUT2D eigenvalue weighted by atomic mass is 9.96. The average molecular weight is 231 g/mol. The molecule has 1 aliphatic heterocycles. The van der Waals surface area contributed by atoms with E-state index in [0.717, 1.165) is 32.5 Å². The van der Waals surface area contributed by atoms with Gasteiger partial charge in [0.25, 0.3) is 0 Å². The van der Waals surface area contributed by atoms with Crippen LogP contribution in [-0.4, -0.2) is 60.7 Å². The van der Waals surface area contributed by atoms with E-state index in [9.17, 15) is 0 Å². The summed E-state index contributed by atoms with van der Waals surface area (Å²) in [7, 11) is 1.78. The number of aliphatic hydroxyl groups is 2. The van der Waals surface area contributed by atoms with Crippen molar-refractivity contribution >= 4 is 0 Å². The molecule has 0 spiro atoms. The molecule has 0 unspecified atom stereocenters. The highest BCUT2D eigenvalue weighted by Crippen LogP contribution is 2.20. The van der Waals surface area contributed by atoms with Crippen LogP contribution >= 0.6 is 0 Å². The minimum Gasteiger partial charge on any atom is -0.395 e. The molecule has 1 aliphatic carbocycles. The van der Waals surface area contributed by atoms with Crippen molar-refractivity contribution in [1.82, 2.24) is 4.90 Å². The lowest BCUT2D eigenvalue weighted by Crippen LogP contribution is -2.37. The maximum absolute atomic E-state index is 9.11. The highest BCUT2D eigenvalue weighted by molar-refractivity contribution is 4.70. The lowest BCUT2D eigenvalue weighted by molar-refractivity contribution is 0.0412. The molecule has 0 radical (unpaired) electrons. The Morgan fingerprint density at radius 3 is 2.12 bits per heavy atom. The van der Waals surface area contributed by atoms with Crippen molar-refractivity contribution in [3.8, 4) is 0 Å². The Hall–Kier alpha value is -0.160. The van der Waals surface area contributed by atoms with Crippen molar-refractivity contribution in [1.29, 1.82) is 0 Å². The third kappa shape index (κ3) is 5.25. The molecule has 96 valence electrons. The van der Waals surface area contributed by atoms with Gasteiger partial charge >= 0.3 is 0 Å². The summed E-state index contributed by atoms with van der Waals surface area (Å²) in [6, 6.07) is 0. The molecule has 0 atom stereocenters. The van der Waals surface area contributed by atoms with E-state index < -0.39 is 0 Å². The third-order valence-corrected chi connectivity index (χ3v) is 3.36. The molecule has 0 aromatic rings. The molecule has 4 heteroatoms. The summed E-state index contributed by atoms with van der Waals surface area (Å²) in [5.74, 6) is 0. The van der Waals surface area contributed by atoms with E-state index >= 15 is 0 Å². The van der Waals surface area contributed by atoms with E-state index in [1.165, 1.54) is 19.3 Å². The molecule has 0 amide bonds. The Morgan fingerprint density at radius 1 is 1.19 bits per heavy atom.